The highest BCUT2D eigenvalue weighted by atomic mass is 19.1. The Hall–Kier alpha value is -1.88. The van der Waals surface area contributed by atoms with Gasteiger partial charge in [0, 0.05) is 31.4 Å². The van der Waals surface area contributed by atoms with Crippen LogP contribution in [0.15, 0.2) is 24.4 Å². The molecule has 0 radical (unpaired) electrons. The normalized spacial score (nSPS) is 10.7. The molecule has 0 saturated heterocycles. The number of hydrogen-bond acceptors (Lipinski definition) is 3. The number of aromatic nitrogens is 2. The molecule has 5 heteroatoms. The lowest BCUT2D eigenvalue weighted by molar-refractivity contribution is 0.386. The molecule has 0 unspecified atom stereocenters. The molecule has 0 fully saturated rings. The number of nitrogens with zero attached hydrogens (tertiary/aromatic N) is 2. The summed E-state index contributed by atoms with van der Waals surface area (Å²) in [6.45, 7) is 3.35. The lowest BCUT2D eigenvalue weighted by Crippen LogP contribution is -2.13. The van der Waals surface area contributed by atoms with Gasteiger partial charge in [0.2, 0.25) is 0 Å². The molecule has 0 bridgehead atoms. The van der Waals surface area contributed by atoms with Gasteiger partial charge in [0.15, 0.2) is 11.6 Å². The lowest BCUT2D eigenvalue weighted by atomic mass is 10.2. The molecular weight excluding hydrogens is 245 g/mol. The quantitative estimate of drug-likeness (QED) is 0.898. The fourth-order valence-electron chi connectivity index (χ4n) is 1.88. The molecule has 4 nitrogen and oxygen atoms in total. The highest BCUT2D eigenvalue weighted by molar-refractivity contribution is 5.29. The van der Waals surface area contributed by atoms with Crippen molar-refractivity contribution in [3.05, 3.63) is 47.0 Å². The van der Waals surface area contributed by atoms with E-state index in [1.807, 2.05) is 30.9 Å². The number of halogens is 1. The van der Waals surface area contributed by atoms with Gasteiger partial charge >= 0.3 is 0 Å². The molecule has 1 heterocycles. The molecule has 0 spiro atoms. The molecule has 1 aromatic heterocycles. The number of nitrogens with one attached hydrogen (secondary N) is 1. The summed E-state index contributed by atoms with van der Waals surface area (Å²) in [5.74, 6) is -0.0637. The zero-order chi connectivity index (χ0) is 13.8. The molecule has 1 N–H and O–H groups in total. The van der Waals surface area contributed by atoms with Crippen LogP contribution in [-0.4, -0.2) is 16.9 Å². The van der Waals surface area contributed by atoms with Crippen molar-refractivity contribution in [2.75, 3.05) is 7.11 Å². The SMILES string of the molecule is COc1ccc(CNCc2cnn(C)c2C)cc1F. The average Bonchev–Trinajstić information content (AvgIpc) is 2.71. The van der Waals surface area contributed by atoms with Gasteiger partial charge in [0.1, 0.15) is 0 Å². The van der Waals surface area contributed by atoms with E-state index in [4.69, 9.17) is 4.74 Å². The lowest BCUT2D eigenvalue weighted by Gasteiger charge is -2.07. The fraction of sp³-hybridized carbons (Fsp3) is 0.357. The van der Waals surface area contributed by atoms with E-state index < -0.39 is 0 Å². The summed E-state index contributed by atoms with van der Waals surface area (Å²) < 4.78 is 20.2. The fourth-order valence-corrected chi connectivity index (χ4v) is 1.88. The van der Waals surface area contributed by atoms with Crippen LogP contribution in [0.25, 0.3) is 0 Å². The Labute approximate surface area is 112 Å². The highest BCUT2D eigenvalue weighted by Crippen LogP contribution is 2.17. The van der Waals surface area contributed by atoms with E-state index >= 15 is 0 Å². The molecule has 0 atom stereocenters. The second kappa shape index (κ2) is 5.84. The highest BCUT2D eigenvalue weighted by Gasteiger charge is 2.05. The van der Waals surface area contributed by atoms with Gasteiger partial charge in [-0.05, 0) is 24.6 Å². The van der Waals surface area contributed by atoms with Gasteiger partial charge in [-0.3, -0.25) is 4.68 Å². The van der Waals surface area contributed by atoms with Crippen molar-refractivity contribution in [1.29, 1.82) is 0 Å². The third kappa shape index (κ3) is 3.12. The predicted molar refractivity (Wildman–Crippen MR) is 71.4 cm³/mol. The van der Waals surface area contributed by atoms with E-state index in [9.17, 15) is 4.39 Å². The van der Waals surface area contributed by atoms with Crippen molar-refractivity contribution in [3.63, 3.8) is 0 Å². The van der Waals surface area contributed by atoms with E-state index in [1.165, 1.54) is 13.2 Å². The van der Waals surface area contributed by atoms with Gasteiger partial charge in [0.05, 0.1) is 13.3 Å². The van der Waals surface area contributed by atoms with Crippen LogP contribution < -0.4 is 10.1 Å². The second-order valence-corrected chi connectivity index (χ2v) is 4.45. The van der Waals surface area contributed by atoms with Crippen LogP contribution in [0.1, 0.15) is 16.8 Å². The Balaban J connectivity index is 1.92. The molecule has 0 aliphatic rings. The minimum atomic E-state index is -0.334. The van der Waals surface area contributed by atoms with Crippen LogP contribution in [0.3, 0.4) is 0 Å². The first-order valence-corrected chi connectivity index (χ1v) is 6.12. The zero-order valence-corrected chi connectivity index (χ0v) is 11.4. The van der Waals surface area contributed by atoms with E-state index in [0.29, 0.717) is 13.1 Å². The monoisotopic (exact) mass is 263 g/mol. The zero-order valence-electron chi connectivity index (χ0n) is 11.4. The van der Waals surface area contributed by atoms with Crippen molar-refractivity contribution < 1.29 is 9.13 Å². The topological polar surface area (TPSA) is 39.1 Å². The van der Waals surface area contributed by atoms with Crippen molar-refractivity contribution >= 4 is 0 Å². The smallest absolute Gasteiger partial charge is 0.165 e. The second-order valence-electron chi connectivity index (χ2n) is 4.45. The standard InChI is InChI=1S/C14H18FN3O/c1-10-12(9-17-18(10)2)8-16-7-11-4-5-14(19-3)13(15)6-11/h4-6,9,16H,7-8H2,1-3H3. The Morgan fingerprint density at radius 1 is 1.37 bits per heavy atom. The van der Waals surface area contributed by atoms with Crippen LogP contribution in [0, 0.1) is 12.7 Å². The summed E-state index contributed by atoms with van der Waals surface area (Å²) in [5, 5.41) is 7.45. The molecular formula is C14H18FN3O. The minimum absolute atomic E-state index is 0.270. The maximum atomic E-state index is 13.5. The van der Waals surface area contributed by atoms with E-state index in [2.05, 4.69) is 10.4 Å². The number of benzene rings is 1. The summed E-state index contributed by atoms with van der Waals surface area (Å²) in [6, 6.07) is 4.98. The Bertz CT molecular complexity index is 566. The van der Waals surface area contributed by atoms with Crippen molar-refractivity contribution in [2.24, 2.45) is 7.05 Å². The van der Waals surface area contributed by atoms with Crippen LogP contribution in [-0.2, 0) is 20.1 Å². The maximum absolute atomic E-state index is 13.5. The Kier molecular flexibility index (Phi) is 4.16. The summed E-state index contributed by atoms with van der Waals surface area (Å²) in [5.41, 5.74) is 3.17. The van der Waals surface area contributed by atoms with Crippen LogP contribution in [0.5, 0.6) is 5.75 Å². The van der Waals surface area contributed by atoms with E-state index in [-0.39, 0.29) is 11.6 Å². The molecule has 2 aromatic rings. The van der Waals surface area contributed by atoms with Crippen molar-refractivity contribution in [2.45, 2.75) is 20.0 Å². The minimum Gasteiger partial charge on any atom is -0.494 e. The van der Waals surface area contributed by atoms with Gasteiger partial charge in [-0.15, -0.1) is 0 Å². The third-order valence-corrected chi connectivity index (χ3v) is 3.20. The van der Waals surface area contributed by atoms with E-state index in [0.717, 1.165) is 16.8 Å². The van der Waals surface area contributed by atoms with Gasteiger partial charge in [-0.1, -0.05) is 6.07 Å². The average molecular weight is 263 g/mol. The van der Waals surface area contributed by atoms with Crippen molar-refractivity contribution in [3.8, 4) is 5.75 Å². The summed E-state index contributed by atoms with van der Waals surface area (Å²) >= 11 is 0. The molecule has 0 aliphatic carbocycles. The van der Waals surface area contributed by atoms with Crippen LogP contribution in [0.2, 0.25) is 0 Å². The molecule has 0 amide bonds. The number of aryl methyl sites for hydroxylation is 1. The molecule has 2 rings (SSSR count). The van der Waals surface area contributed by atoms with Gasteiger partial charge < -0.3 is 10.1 Å². The molecule has 1 aromatic carbocycles. The first kappa shape index (κ1) is 13.5. The summed E-state index contributed by atoms with van der Waals surface area (Å²) in [4.78, 5) is 0. The summed E-state index contributed by atoms with van der Waals surface area (Å²) in [7, 11) is 3.37. The van der Waals surface area contributed by atoms with Crippen LogP contribution >= 0.6 is 0 Å². The number of rotatable bonds is 5. The van der Waals surface area contributed by atoms with Crippen LogP contribution in [0.4, 0.5) is 4.39 Å². The molecule has 0 saturated carbocycles. The Morgan fingerprint density at radius 2 is 2.16 bits per heavy atom. The maximum Gasteiger partial charge on any atom is 0.165 e. The summed E-state index contributed by atoms with van der Waals surface area (Å²) in [6.07, 6.45) is 1.84. The van der Waals surface area contributed by atoms with Gasteiger partial charge in [-0.25, -0.2) is 4.39 Å². The first-order chi connectivity index (χ1) is 9.11. The third-order valence-electron chi connectivity index (χ3n) is 3.20. The Morgan fingerprint density at radius 3 is 2.74 bits per heavy atom. The first-order valence-electron chi connectivity index (χ1n) is 6.12. The predicted octanol–water partition coefficient (Wildman–Crippen LogP) is 2.17. The van der Waals surface area contributed by atoms with E-state index in [1.54, 1.807) is 6.07 Å². The van der Waals surface area contributed by atoms with Gasteiger partial charge in [0.25, 0.3) is 0 Å². The molecule has 102 valence electrons. The number of hydrogen-bond donors (Lipinski definition) is 1. The molecule has 19 heavy (non-hydrogen) atoms. The van der Waals surface area contributed by atoms with Gasteiger partial charge in [-0.2, -0.15) is 5.10 Å². The number of ether oxygens (including phenoxy) is 1. The van der Waals surface area contributed by atoms with Crippen molar-refractivity contribution in [1.82, 2.24) is 15.1 Å². The molecule has 0 aliphatic heterocycles. The number of methoxy groups -OCH3 is 1. The largest absolute Gasteiger partial charge is 0.494 e.